The minimum absolute atomic E-state index is 0.163. The van der Waals surface area contributed by atoms with Gasteiger partial charge in [0.1, 0.15) is 6.54 Å². The number of benzene rings is 1. The van der Waals surface area contributed by atoms with E-state index in [0.717, 1.165) is 40.3 Å². The van der Waals surface area contributed by atoms with Crippen LogP contribution in [0, 0.1) is 6.92 Å². The minimum atomic E-state index is -0.332. The van der Waals surface area contributed by atoms with Crippen molar-refractivity contribution in [2.45, 2.75) is 27.3 Å². The highest BCUT2D eigenvalue weighted by Crippen LogP contribution is 2.22. The summed E-state index contributed by atoms with van der Waals surface area (Å²) in [6, 6.07) is 12.6. The van der Waals surface area contributed by atoms with Gasteiger partial charge in [0, 0.05) is 48.5 Å². The summed E-state index contributed by atoms with van der Waals surface area (Å²) in [6.45, 7) is 7.85. The third-order valence-electron chi connectivity index (χ3n) is 4.73. The van der Waals surface area contributed by atoms with Gasteiger partial charge in [-0.1, -0.05) is 0 Å². The number of nitrogens with one attached hydrogen (secondary N) is 1. The monoisotopic (exact) mass is 391 g/mol. The molecule has 0 spiro atoms. The number of carbonyl (C=O) groups excluding carboxylic acids is 1. The zero-order valence-corrected chi connectivity index (χ0v) is 16.9. The summed E-state index contributed by atoms with van der Waals surface area (Å²) in [5.41, 5.74) is 3.85. The number of nitrogens with zero attached hydrogens (tertiary/aromatic N) is 4. The first-order valence-corrected chi connectivity index (χ1v) is 9.65. The predicted octanol–water partition coefficient (Wildman–Crippen LogP) is 3.10. The molecule has 0 aliphatic rings. The number of amides is 1. The first-order chi connectivity index (χ1) is 14.0. The van der Waals surface area contributed by atoms with E-state index in [2.05, 4.69) is 40.2 Å². The van der Waals surface area contributed by atoms with E-state index in [1.165, 1.54) is 6.07 Å². The number of anilines is 2. The number of pyridine rings is 1. The summed E-state index contributed by atoms with van der Waals surface area (Å²) < 4.78 is 1.16. The molecule has 0 saturated carbocycles. The molecule has 1 N–H and O–H groups in total. The Kier molecular flexibility index (Phi) is 6.39. The summed E-state index contributed by atoms with van der Waals surface area (Å²) in [5.74, 6) is -0.304. The third kappa shape index (κ3) is 4.87. The van der Waals surface area contributed by atoms with Gasteiger partial charge in [0.2, 0.25) is 5.91 Å². The van der Waals surface area contributed by atoms with Crippen LogP contribution in [0.3, 0.4) is 0 Å². The molecule has 0 radical (unpaired) electrons. The highest BCUT2D eigenvalue weighted by atomic mass is 16.2. The van der Waals surface area contributed by atoms with Crippen LogP contribution in [0.25, 0.3) is 11.3 Å². The Morgan fingerprint density at radius 3 is 2.59 bits per heavy atom. The van der Waals surface area contributed by atoms with Crippen molar-refractivity contribution >= 4 is 17.3 Å². The van der Waals surface area contributed by atoms with Crippen molar-refractivity contribution in [3.8, 4) is 11.3 Å². The molecule has 29 heavy (non-hydrogen) atoms. The van der Waals surface area contributed by atoms with Crippen LogP contribution < -0.4 is 15.8 Å². The molecule has 1 amide bonds. The lowest BCUT2D eigenvalue weighted by atomic mass is 10.1. The first kappa shape index (κ1) is 20.3. The van der Waals surface area contributed by atoms with Gasteiger partial charge in [0.15, 0.2) is 0 Å². The molecule has 0 unspecified atom stereocenters. The molecular weight excluding hydrogens is 366 g/mol. The van der Waals surface area contributed by atoms with Crippen LogP contribution in [-0.2, 0) is 11.3 Å². The Morgan fingerprint density at radius 1 is 1.14 bits per heavy atom. The molecule has 150 valence electrons. The number of aromatic nitrogens is 3. The second-order valence-electron chi connectivity index (χ2n) is 6.68. The molecule has 0 saturated heterocycles. The molecule has 7 heteroatoms. The second-order valence-corrected chi connectivity index (χ2v) is 6.68. The molecule has 2 heterocycles. The Hall–Kier alpha value is -3.48. The highest BCUT2D eigenvalue weighted by Gasteiger charge is 2.11. The number of rotatable bonds is 7. The highest BCUT2D eigenvalue weighted by molar-refractivity contribution is 5.91. The largest absolute Gasteiger partial charge is 0.372 e. The van der Waals surface area contributed by atoms with Crippen LogP contribution in [0.5, 0.6) is 0 Å². The fourth-order valence-corrected chi connectivity index (χ4v) is 3.13. The number of hydrogen-bond donors (Lipinski definition) is 1. The quantitative estimate of drug-likeness (QED) is 0.669. The van der Waals surface area contributed by atoms with Crippen LogP contribution in [-0.4, -0.2) is 33.8 Å². The third-order valence-corrected chi connectivity index (χ3v) is 4.73. The second kappa shape index (κ2) is 9.14. The molecule has 0 aliphatic heterocycles. The molecule has 3 aromatic rings. The molecule has 3 rings (SSSR count). The molecule has 1 aromatic carbocycles. The Labute approximate surface area is 170 Å². The van der Waals surface area contributed by atoms with E-state index in [4.69, 9.17) is 0 Å². The predicted molar refractivity (Wildman–Crippen MR) is 115 cm³/mol. The summed E-state index contributed by atoms with van der Waals surface area (Å²) in [6.07, 6.45) is 3.33. The number of hydrogen-bond acceptors (Lipinski definition) is 5. The summed E-state index contributed by atoms with van der Waals surface area (Å²) >= 11 is 0. The zero-order chi connectivity index (χ0) is 20.8. The van der Waals surface area contributed by atoms with Crippen LogP contribution in [0.4, 0.5) is 11.4 Å². The first-order valence-electron chi connectivity index (χ1n) is 9.65. The standard InChI is InChI=1S/C22H25N5O2/c1-4-26(5-2)18-8-9-19(16(3)13-18)24-21(28)15-27-22(29)11-10-20(25-27)17-7-6-12-23-14-17/h6-14H,4-5,15H2,1-3H3,(H,24,28). The lowest BCUT2D eigenvalue weighted by Gasteiger charge is -2.22. The van der Waals surface area contributed by atoms with Crippen molar-refractivity contribution in [2.75, 3.05) is 23.3 Å². The van der Waals surface area contributed by atoms with E-state index in [-0.39, 0.29) is 18.0 Å². The maximum absolute atomic E-state index is 12.5. The molecule has 0 aliphatic carbocycles. The summed E-state index contributed by atoms with van der Waals surface area (Å²) in [7, 11) is 0. The van der Waals surface area contributed by atoms with E-state index >= 15 is 0 Å². The average molecular weight is 391 g/mol. The molecular formula is C22H25N5O2. The van der Waals surface area contributed by atoms with Gasteiger partial charge >= 0.3 is 0 Å². The summed E-state index contributed by atoms with van der Waals surface area (Å²) in [4.78, 5) is 31.0. The van der Waals surface area contributed by atoms with E-state index in [1.807, 2.05) is 25.1 Å². The van der Waals surface area contributed by atoms with E-state index in [0.29, 0.717) is 5.69 Å². The Morgan fingerprint density at radius 2 is 1.93 bits per heavy atom. The lowest BCUT2D eigenvalue weighted by Crippen LogP contribution is -2.29. The molecule has 0 fully saturated rings. The van der Waals surface area contributed by atoms with E-state index in [9.17, 15) is 9.59 Å². The van der Waals surface area contributed by atoms with Gasteiger partial charge < -0.3 is 10.2 Å². The topological polar surface area (TPSA) is 80.1 Å². The normalized spacial score (nSPS) is 10.6. The smallest absolute Gasteiger partial charge is 0.267 e. The van der Waals surface area contributed by atoms with E-state index < -0.39 is 0 Å². The average Bonchev–Trinajstić information content (AvgIpc) is 2.73. The van der Waals surface area contributed by atoms with E-state index in [1.54, 1.807) is 24.5 Å². The van der Waals surface area contributed by atoms with Gasteiger partial charge in [-0.3, -0.25) is 14.6 Å². The fourth-order valence-electron chi connectivity index (χ4n) is 3.13. The molecule has 0 atom stereocenters. The van der Waals surface area contributed by atoms with Crippen LogP contribution in [0.1, 0.15) is 19.4 Å². The van der Waals surface area contributed by atoms with Crippen molar-refractivity contribution in [2.24, 2.45) is 0 Å². The van der Waals surface area contributed by atoms with Crippen molar-refractivity contribution in [3.63, 3.8) is 0 Å². The van der Waals surface area contributed by atoms with Gasteiger partial charge in [-0.15, -0.1) is 0 Å². The SMILES string of the molecule is CCN(CC)c1ccc(NC(=O)Cn2nc(-c3cccnc3)ccc2=O)c(C)c1. The van der Waals surface area contributed by atoms with Crippen LogP contribution in [0.15, 0.2) is 59.7 Å². The van der Waals surface area contributed by atoms with Gasteiger partial charge in [0.05, 0.1) is 5.69 Å². The lowest BCUT2D eigenvalue weighted by molar-refractivity contribution is -0.117. The number of carbonyl (C=O) groups is 1. The Bertz CT molecular complexity index is 1040. The molecule has 2 aromatic heterocycles. The maximum Gasteiger partial charge on any atom is 0.267 e. The molecule has 7 nitrogen and oxygen atoms in total. The maximum atomic E-state index is 12.5. The van der Waals surface area contributed by atoms with Crippen molar-refractivity contribution < 1.29 is 4.79 Å². The number of aryl methyl sites for hydroxylation is 1. The van der Waals surface area contributed by atoms with Gasteiger partial charge in [-0.05, 0) is 62.7 Å². The van der Waals surface area contributed by atoms with Crippen LogP contribution >= 0.6 is 0 Å². The van der Waals surface area contributed by atoms with Gasteiger partial charge in [0.25, 0.3) is 5.56 Å². The van der Waals surface area contributed by atoms with Gasteiger partial charge in [-0.25, -0.2) is 4.68 Å². The van der Waals surface area contributed by atoms with Gasteiger partial charge in [-0.2, -0.15) is 5.10 Å². The van der Waals surface area contributed by atoms with Crippen molar-refractivity contribution in [1.29, 1.82) is 0 Å². The van der Waals surface area contributed by atoms with Crippen molar-refractivity contribution in [1.82, 2.24) is 14.8 Å². The fraction of sp³-hybridized carbons (Fsp3) is 0.273. The minimum Gasteiger partial charge on any atom is -0.372 e. The van der Waals surface area contributed by atoms with Crippen molar-refractivity contribution in [3.05, 3.63) is 70.8 Å². The zero-order valence-electron chi connectivity index (χ0n) is 16.9. The summed E-state index contributed by atoms with van der Waals surface area (Å²) in [5, 5.41) is 7.18. The van der Waals surface area contributed by atoms with Crippen LogP contribution in [0.2, 0.25) is 0 Å². The molecule has 0 bridgehead atoms. The Balaban J connectivity index is 1.75.